The molecule has 0 radical (unpaired) electrons. The van der Waals surface area contributed by atoms with Crippen molar-refractivity contribution in [3.05, 3.63) is 24.3 Å². The maximum absolute atomic E-state index is 13.3. The van der Waals surface area contributed by atoms with Gasteiger partial charge in [0.15, 0.2) is 0 Å². The highest BCUT2D eigenvalue weighted by Gasteiger charge is 2.65. The number of unbranched alkanes of at least 4 members (excludes halogenated alkanes) is 1. The molecule has 1 amide bonds. The van der Waals surface area contributed by atoms with Crippen LogP contribution in [0.1, 0.15) is 78.3 Å². The zero-order chi connectivity index (χ0) is 22.3. The number of nitrogens with zero attached hydrogens (tertiary/aromatic N) is 3. The molecular weight excluding hydrogens is 386 g/mol. The summed E-state index contributed by atoms with van der Waals surface area (Å²) in [4.78, 5) is 27.4. The van der Waals surface area contributed by atoms with Crippen LogP contribution in [0.2, 0.25) is 0 Å². The van der Waals surface area contributed by atoms with Crippen molar-refractivity contribution < 1.29 is 4.79 Å². The molecule has 2 aliphatic carbocycles. The summed E-state index contributed by atoms with van der Waals surface area (Å²) in [5, 5.41) is 1.13. The summed E-state index contributed by atoms with van der Waals surface area (Å²) in [6.45, 7) is 10.5. The summed E-state index contributed by atoms with van der Waals surface area (Å²) in [6, 6.07) is 2.06. The van der Waals surface area contributed by atoms with Gasteiger partial charge < -0.3 is 15.6 Å². The number of hydrogen-bond donors (Lipinski definition) is 2. The smallest absolute Gasteiger partial charge is 0.243 e. The topological polar surface area (TPSA) is 87.9 Å². The lowest BCUT2D eigenvalue weighted by Gasteiger charge is -2.31. The molecule has 0 aromatic carbocycles. The maximum atomic E-state index is 13.3. The summed E-state index contributed by atoms with van der Waals surface area (Å²) < 4.78 is 0. The fourth-order valence-electron chi connectivity index (χ4n) is 5.07. The van der Waals surface area contributed by atoms with E-state index in [1.165, 1.54) is 12.8 Å². The molecule has 0 bridgehead atoms. The van der Waals surface area contributed by atoms with Crippen LogP contribution in [0.3, 0.4) is 0 Å². The predicted octanol–water partition coefficient (Wildman–Crippen LogP) is 4.45. The number of hydrogen-bond acceptors (Lipinski definition) is 4. The molecule has 2 fully saturated rings. The molecule has 2 atom stereocenters. The highest BCUT2D eigenvalue weighted by atomic mass is 16.2. The van der Waals surface area contributed by atoms with Crippen molar-refractivity contribution in [3.63, 3.8) is 0 Å². The van der Waals surface area contributed by atoms with Crippen LogP contribution in [0, 0.1) is 16.7 Å². The fraction of sp³-hybridized carbons (Fsp3) is 0.720. The molecule has 0 saturated heterocycles. The van der Waals surface area contributed by atoms with E-state index in [4.69, 9.17) is 5.73 Å². The molecule has 6 heteroatoms. The third-order valence-electron chi connectivity index (χ3n) is 8.06. The largest absolute Gasteiger partial charge is 0.346 e. The molecule has 1 unspecified atom stereocenters. The molecule has 170 valence electrons. The van der Waals surface area contributed by atoms with Crippen molar-refractivity contribution in [2.24, 2.45) is 22.5 Å². The van der Waals surface area contributed by atoms with Crippen molar-refractivity contribution in [2.75, 3.05) is 13.1 Å². The Kier molecular flexibility index (Phi) is 5.88. The number of H-pyrrole nitrogens is 1. The van der Waals surface area contributed by atoms with E-state index in [0.717, 1.165) is 68.3 Å². The van der Waals surface area contributed by atoms with Gasteiger partial charge in [0, 0.05) is 24.7 Å². The Morgan fingerprint density at radius 3 is 2.68 bits per heavy atom. The zero-order valence-corrected chi connectivity index (χ0v) is 19.7. The van der Waals surface area contributed by atoms with E-state index in [1.807, 2.05) is 6.20 Å². The minimum absolute atomic E-state index is 0.0686. The molecule has 6 nitrogen and oxygen atoms in total. The monoisotopic (exact) mass is 425 g/mol. The number of nitrogens with two attached hydrogens (primary N) is 1. The highest BCUT2D eigenvalue weighted by Crippen LogP contribution is 2.55. The minimum atomic E-state index is -0.654. The Morgan fingerprint density at radius 1 is 1.29 bits per heavy atom. The molecule has 2 heterocycles. The standard InChI is InChI=1S/C25H39N5O/c1-5-24(10-11-24)16-30(22(31)25(26)15-23(25,3)4)13-7-6-8-18(2)14-20-19-9-12-27-21(19)29-17-28-20/h9,12,17-18H,5-8,10-11,13-16,26H2,1-4H3,(H,27,28,29)/t18-,25?/m0/s1. The number of carbonyl (C=O) groups excluding carboxylic acids is 1. The summed E-state index contributed by atoms with van der Waals surface area (Å²) in [7, 11) is 0. The Balaban J connectivity index is 1.29. The van der Waals surface area contributed by atoms with Gasteiger partial charge in [-0.1, -0.05) is 40.5 Å². The van der Waals surface area contributed by atoms with Crippen LogP contribution in [0.4, 0.5) is 0 Å². The fourth-order valence-corrected chi connectivity index (χ4v) is 5.07. The summed E-state index contributed by atoms with van der Waals surface area (Å²) in [6.07, 6.45) is 12.3. The molecule has 2 saturated carbocycles. The van der Waals surface area contributed by atoms with Crippen molar-refractivity contribution in [2.45, 2.75) is 84.6 Å². The first kappa shape index (κ1) is 22.3. The third-order valence-corrected chi connectivity index (χ3v) is 8.06. The second kappa shape index (κ2) is 8.19. The van der Waals surface area contributed by atoms with E-state index in [-0.39, 0.29) is 11.3 Å². The average molecular weight is 426 g/mol. The lowest BCUT2D eigenvalue weighted by Crippen LogP contribution is -2.50. The maximum Gasteiger partial charge on any atom is 0.243 e. The highest BCUT2D eigenvalue weighted by molar-refractivity contribution is 5.91. The summed E-state index contributed by atoms with van der Waals surface area (Å²) in [5.74, 6) is 0.729. The van der Waals surface area contributed by atoms with Crippen LogP contribution < -0.4 is 5.73 Å². The van der Waals surface area contributed by atoms with Crippen LogP contribution in [0.25, 0.3) is 11.0 Å². The second-order valence-electron chi connectivity index (χ2n) is 11.0. The zero-order valence-electron chi connectivity index (χ0n) is 19.7. The molecule has 3 N–H and O–H groups in total. The number of carbonyl (C=O) groups is 1. The first-order chi connectivity index (χ1) is 14.7. The molecule has 2 aliphatic rings. The van der Waals surface area contributed by atoms with Crippen molar-refractivity contribution in [3.8, 4) is 0 Å². The number of aromatic nitrogens is 3. The van der Waals surface area contributed by atoms with Gasteiger partial charge in [0.1, 0.15) is 17.5 Å². The van der Waals surface area contributed by atoms with Gasteiger partial charge in [0.2, 0.25) is 5.91 Å². The van der Waals surface area contributed by atoms with Gasteiger partial charge in [-0.05, 0) is 61.3 Å². The van der Waals surface area contributed by atoms with Gasteiger partial charge in [0.25, 0.3) is 0 Å². The van der Waals surface area contributed by atoms with Gasteiger partial charge in [-0.3, -0.25) is 4.79 Å². The van der Waals surface area contributed by atoms with Gasteiger partial charge >= 0.3 is 0 Å². The lowest BCUT2D eigenvalue weighted by molar-refractivity contribution is -0.135. The average Bonchev–Trinajstić information content (AvgIpc) is 3.52. The van der Waals surface area contributed by atoms with Gasteiger partial charge in [-0.15, -0.1) is 0 Å². The Morgan fingerprint density at radius 2 is 2.03 bits per heavy atom. The molecule has 0 spiro atoms. The second-order valence-corrected chi connectivity index (χ2v) is 11.0. The number of rotatable bonds is 11. The van der Waals surface area contributed by atoms with Crippen molar-refractivity contribution in [1.82, 2.24) is 19.9 Å². The lowest BCUT2D eigenvalue weighted by atomic mass is 9.96. The predicted molar refractivity (Wildman–Crippen MR) is 124 cm³/mol. The summed E-state index contributed by atoms with van der Waals surface area (Å²) in [5.41, 5.74) is 8.18. The molecule has 4 rings (SSSR count). The van der Waals surface area contributed by atoms with E-state index in [0.29, 0.717) is 11.3 Å². The molecule has 31 heavy (non-hydrogen) atoms. The Labute approximate surface area is 186 Å². The quantitative estimate of drug-likeness (QED) is 0.521. The van der Waals surface area contributed by atoms with E-state index in [9.17, 15) is 4.79 Å². The van der Waals surface area contributed by atoms with Crippen LogP contribution in [-0.4, -0.2) is 44.4 Å². The van der Waals surface area contributed by atoms with Crippen molar-refractivity contribution in [1.29, 1.82) is 0 Å². The first-order valence-corrected chi connectivity index (χ1v) is 12.0. The Bertz CT molecular complexity index is 931. The molecule has 2 aromatic rings. The molecule has 2 aromatic heterocycles. The van der Waals surface area contributed by atoms with Gasteiger partial charge in [-0.2, -0.15) is 0 Å². The minimum Gasteiger partial charge on any atom is -0.346 e. The number of nitrogens with one attached hydrogen (secondary N) is 1. The van der Waals surface area contributed by atoms with E-state index < -0.39 is 5.54 Å². The van der Waals surface area contributed by atoms with Crippen LogP contribution in [-0.2, 0) is 11.2 Å². The van der Waals surface area contributed by atoms with E-state index >= 15 is 0 Å². The third kappa shape index (κ3) is 4.50. The number of aromatic amines is 1. The summed E-state index contributed by atoms with van der Waals surface area (Å²) >= 11 is 0. The number of amides is 1. The van der Waals surface area contributed by atoms with Crippen LogP contribution in [0.5, 0.6) is 0 Å². The number of fused-ring (bicyclic) bond motifs is 1. The van der Waals surface area contributed by atoms with E-state index in [2.05, 4.69) is 53.6 Å². The van der Waals surface area contributed by atoms with E-state index in [1.54, 1.807) is 6.33 Å². The SMILES string of the molecule is CCC1(CN(CCCC[C@H](C)Cc2ncnc3[nH]ccc23)C(=O)C2(N)CC2(C)C)CC1. The Hall–Kier alpha value is -1.95. The normalized spacial score (nSPS) is 24.2. The van der Waals surface area contributed by atoms with Crippen molar-refractivity contribution >= 4 is 16.9 Å². The molecular formula is C25H39N5O. The van der Waals surface area contributed by atoms with Gasteiger partial charge in [-0.25, -0.2) is 9.97 Å². The molecule has 0 aliphatic heterocycles. The van der Waals surface area contributed by atoms with Gasteiger partial charge in [0.05, 0.1) is 5.69 Å². The first-order valence-electron chi connectivity index (χ1n) is 12.0. The van der Waals surface area contributed by atoms with Crippen LogP contribution >= 0.6 is 0 Å². The van der Waals surface area contributed by atoms with Crippen LogP contribution in [0.15, 0.2) is 18.6 Å².